The number of nitrogens with zero attached hydrogens (tertiary/aromatic N) is 1. The standard InChI is InChI=1S/C13H19N3S/c1-3-13(5-4-6-13)16-11-8-10(12(14)17)7-9(2)15-11/h7-8H,3-6H2,1-2H3,(H2,14,17)(H,15,16). The van der Waals surface area contributed by atoms with Gasteiger partial charge in [0.05, 0.1) is 0 Å². The van der Waals surface area contributed by atoms with Crippen LogP contribution >= 0.6 is 12.2 Å². The van der Waals surface area contributed by atoms with Gasteiger partial charge in [-0.3, -0.25) is 0 Å². The molecule has 0 atom stereocenters. The summed E-state index contributed by atoms with van der Waals surface area (Å²) in [7, 11) is 0. The lowest BCUT2D eigenvalue weighted by atomic mass is 9.75. The van der Waals surface area contributed by atoms with Gasteiger partial charge in [-0.15, -0.1) is 0 Å². The van der Waals surface area contributed by atoms with Gasteiger partial charge >= 0.3 is 0 Å². The first kappa shape index (κ1) is 12.3. The fraction of sp³-hybridized carbons (Fsp3) is 0.538. The molecule has 1 aliphatic carbocycles. The fourth-order valence-corrected chi connectivity index (χ4v) is 2.43. The number of aryl methyl sites for hydroxylation is 1. The van der Waals surface area contributed by atoms with Crippen LogP contribution in [0.5, 0.6) is 0 Å². The summed E-state index contributed by atoms with van der Waals surface area (Å²) in [5.41, 5.74) is 7.75. The predicted molar refractivity (Wildman–Crippen MR) is 75.4 cm³/mol. The molecule has 0 saturated heterocycles. The zero-order valence-corrected chi connectivity index (χ0v) is 11.2. The second-order valence-electron chi connectivity index (χ2n) is 4.86. The van der Waals surface area contributed by atoms with Gasteiger partial charge in [-0.2, -0.15) is 0 Å². The van der Waals surface area contributed by atoms with E-state index in [1.54, 1.807) is 0 Å². The van der Waals surface area contributed by atoms with Crippen molar-refractivity contribution in [2.75, 3.05) is 5.32 Å². The van der Waals surface area contributed by atoms with Crippen LogP contribution in [0.1, 0.15) is 43.9 Å². The van der Waals surface area contributed by atoms with Crippen LogP contribution in [-0.4, -0.2) is 15.5 Å². The van der Waals surface area contributed by atoms with E-state index in [9.17, 15) is 0 Å². The number of nitrogens with two attached hydrogens (primary N) is 1. The van der Waals surface area contributed by atoms with E-state index >= 15 is 0 Å². The molecule has 0 amide bonds. The predicted octanol–water partition coefficient (Wildman–Crippen LogP) is 2.77. The van der Waals surface area contributed by atoms with Gasteiger partial charge in [0.15, 0.2) is 0 Å². The summed E-state index contributed by atoms with van der Waals surface area (Å²) in [6.07, 6.45) is 4.88. The topological polar surface area (TPSA) is 50.9 Å². The lowest BCUT2D eigenvalue weighted by molar-refractivity contribution is 0.269. The van der Waals surface area contributed by atoms with Crippen molar-refractivity contribution in [1.29, 1.82) is 0 Å². The SMILES string of the molecule is CCC1(Nc2cc(C(N)=S)cc(C)n2)CCC1. The van der Waals surface area contributed by atoms with E-state index < -0.39 is 0 Å². The summed E-state index contributed by atoms with van der Waals surface area (Å²) in [4.78, 5) is 4.93. The maximum atomic E-state index is 5.67. The van der Waals surface area contributed by atoms with E-state index in [2.05, 4.69) is 17.2 Å². The molecule has 1 aromatic heterocycles. The van der Waals surface area contributed by atoms with Crippen molar-refractivity contribution in [1.82, 2.24) is 4.98 Å². The Morgan fingerprint density at radius 2 is 2.24 bits per heavy atom. The van der Waals surface area contributed by atoms with Crippen molar-refractivity contribution in [3.63, 3.8) is 0 Å². The van der Waals surface area contributed by atoms with Gasteiger partial charge in [0, 0.05) is 16.8 Å². The number of thiocarbonyl (C=S) groups is 1. The molecule has 17 heavy (non-hydrogen) atoms. The van der Waals surface area contributed by atoms with Crippen LogP contribution in [0.2, 0.25) is 0 Å². The molecule has 0 spiro atoms. The molecule has 1 fully saturated rings. The first-order valence-electron chi connectivity index (χ1n) is 6.11. The Hall–Kier alpha value is -1.16. The summed E-state index contributed by atoms with van der Waals surface area (Å²) in [6.45, 7) is 4.18. The van der Waals surface area contributed by atoms with Crippen LogP contribution in [0.4, 0.5) is 5.82 Å². The van der Waals surface area contributed by atoms with Crippen LogP contribution in [0.15, 0.2) is 12.1 Å². The van der Waals surface area contributed by atoms with Crippen molar-refractivity contribution in [2.45, 2.75) is 45.1 Å². The van der Waals surface area contributed by atoms with Crippen molar-refractivity contribution < 1.29 is 0 Å². The third-order valence-corrected chi connectivity index (χ3v) is 3.85. The van der Waals surface area contributed by atoms with Gasteiger partial charge < -0.3 is 11.1 Å². The van der Waals surface area contributed by atoms with Gasteiger partial charge in [0.1, 0.15) is 10.8 Å². The number of pyridine rings is 1. The Kier molecular flexibility index (Phi) is 3.33. The number of aromatic nitrogens is 1. The molecular formula is C13H19N3S. The Bertz CT molecular complexity index is 433. The third kappa shape index (κ3) is 2.57. The minimum Gasteiger partial charge on any atom is -0.389 e. The van der Waals surface area contributed by atoms with Crippen LogP contribution in [0, 0.1) is 6.92 Å². The highest BCUT2D eigenvalue weighted by Crippen LogP contribution is 2.37. The number of rotatable bonds is 4. The molecule has 1 aliphatic rings. The Labute approximate surface area is 108 Å². The number of hydrogen-bond acceptors (Lipinski definition) is 3. The van der Waals surface area contributed by atoms with Crippen molar-refractivity contribution in [2.24, 2.45) is 5.73 Å². The summed E-state index contributed by atoms with van der Waals surface area (Å²) < 4.78 is 0. The van der Waals surface area contributed by atoms with Crippen LogP contribution in [0.25, 0.3) is 0 Å². The molecular weight excluding hydrogens is 230 g/mol. The maximum absolute atomic E-state index is 5.67. The molecule has 0 radical (unpaired) electrons. The van der Waals surface area contributed by atoms with Crippen molar-refractivity contribution in [3.8, 4) is 0 Å². The minimum atomic E-state index is 0.244. The maximum Gasteiger partial charge on any atom is 0.127 e. The van der Waals surface area contributed by atoms with E-state index in [0.29, 0.717) is 4.99 Å². The highest BCUT2D eigenvalue weighted by molar-refractivity contribution is 7.80. The summed E-state index contributed by atoms with van der Waals surface area (Å²) in [5, 5.41) is 3.55. The summed E-state index contributed by atoms with van der Waals surface area (Å²) in [6, 6.07) is 3.87. The van der Waals surface area contributed by atoms with Crippen molar-refractivity contribution >= 4 is 23.0 Å². The molecule has 2 rings (SSSR count). The van der Waals surface area contributed by atoms with E-state index in [4.69, 9.17) is 18.0 Å². The Balaban J connectivity index is 2.23. The smallest absolute Gasteiger partial charge is 0.127 e. The lowest BCUT2D eigenvalue weighted by Crippen LogP contribution is -2.44. The van der Waals surface area contributed by atoms with E-state index in [0.717, 1.165) is 23.5 Å². The summed E-state index contributed by atoms with van der Waals surface area (Å²) >= 11 is 5.02. The Morgan fingerprint density at radius 1 is 1.53 bits per heavy atom. The first-order valence-corrected chi connectivity index (χ1v) is 6.52. The van der Waals surface area contributed by atoms with Crippen molar-refractivity contribution in [3.05, 3.63) is 23.4 Å². The monoisotopic (exact) mass is 249 g/mol. The second kappa shape index (κ2) is 4.61. The minimum absolute atomic E-state index is 0.244. The van der Waals surface area contributed by atoms with E-state index in [1.807, 2.05) is 19.1 Å². The molecule has 0 bridgehead atoms. The van der Waals surface area contributed by atoms with E-state index in [1.165, 1.54) is 19.3 Å². The molecule has 1 saturated carbocycles. The lowest BCUT2D eigenvalue weighted by Gasteiger charge is -2.42. The number of anilines is 1. The quantitative estimate of drug-likeness (QED) is 0.806. The number of hydrogen-bond donors (Lipinski definition) is 2. The molecule has 1 heterocycles. The molecule has 92 valence electrons. The van der Waals surface area contributed by atoms with Gasteiger partial charge in [-0.25, -0.2) is 4.98 Å². The second-order valence-corrected chi connectivity index (χ2v) is 5.30. The average molecular weight is 249 g/mol. The molecule has 4 heteroatoms. The highest BCUT2D eigenvalue weighted by atomic mass is 32.1. The van der Waals surface area contributed by atoms with Crippen LogP contribution in [-0.2, 0) is 0 Å². The van der Waals surface area contributed by atoms with Gasteiger partial charge in [-0.05, 0) is 44.7 Å². The zero-order valence-electron chi connectivity index (χ0n) is 10.4. The normalized spacial score (nSPS) is 17.3. The number of nitrogens with one attached hydrogen (secondary N) is 1. The Morgan fingerprint density at radius 3 is 2.71 bits per heavy atom. The average Bonchev–Trinajstić information content (AvgIpc) is 2.22. The van der Waals surface area contributed by atoms with Crippen LogP contribution in [0.3, 0.4) is 0 Å². The molecule has 0 aromatic carbocycles. The third-order valence-electron chi connectivity index (χ3n) is 3.62. The van der Waals surface area contributed by atoms with Gasteiger partial charge in [0.2, 0.25) is 0 Å². The highest BCUT2D eigenvalue weighted by Gasteiger charge is 2.35. The van der Waals surface area contributed by atoms with Gasteiger partial charge in [0.25, 0.3) is 0 Å². The zero-order chi connectivity index (χ0) is 12.5. The van der Waals surface area contributed by atoms with Gasteiger partial charge in [-0.1, -0.05) is 19.1 Å². The van der Waals surface area contributed by atoms with E-state index in [-0.39, 0.29) is 5.54 Å². The molecule has 0 aliphatic heterocycles. The molecule has 1 aromatic rings. The van der Waals surface area contributed by atoms with Crippen LogP contribution < -0.4 is 11.1 Å². The molecule has 3 nitrogen and oxygen atoms in total. The molecule has 0 unspecified atom stereocenters. The summed E-state index contributed by atoms with van der Waals surface area (Å²) in [5.74, 6) is 0.898. The first-order chi connectivity index (χ1) is 8.04. The molecule has 3 N–H and O–H groups in total. The largest absolute Gasteiger partial charge is 0.389 e. The fourth-order valence-electron chi connectivity index (χ4n) is 2.32.